The van der Waals surface area contributed by atoms with E-state index in [-0.39, 0.29) is 62.3 Å². The van der Waals surface area contributed by atoms with Crippen LogP contribution in [0.1, 0.15) is 74.5 Å². The molecule has 0 unspecified atom stereocenters. The van der Waals surface area contributed by atoms with E-state index in [1.54, 1.807) is 43.3 Å². The molecule has 2 N–H and O–H groups in total. The van der Waals surface area contributed by atoms with Gasteiger partial charge >= 0.3 is 0 Å². The van der Waals surface area contributed by atoms with Gasteiger partial charge in [-0.1, -0.05) is 60.5 Å². The van der Waals surface area contributed by atoms with Crippen molar-refractivity contribution in [3.05, 3.63) is 114 Å². The molecule has 1 amide bonds. The lowest BCUT2D eigenvalue weighted by atomic mass is 9.55. The Labute approximate surface area is 335 Å². The molecule has 1 heterocycles. The molecule has 1 saturated carbocycles. The van der Waals surface area contributed by atoms with Gasteiger partial charge < -0.3 is 38.9 Å². The second-order valence-corrected chi connectivity index (χ2v) is 15.1. The number of aliphatic hydroxyl groups is 2. The summed E-state index contributed by atoms with van der Waals surface area (Å²) in [6.07, 6.45) is 9.05. The van der Waals surface area contributed by atoms with E-state index in [1.165, 1.54) is 6.07 Å². The summed E-state index contributed by atoms with van der Waals surface area (Å²) in [4.78, 5) is 21.9. The molecule has 3 aliphatic rings. The van der Waals surface area contributed by atoms with Crippen molar-refractivity contribution in [2.24, 2.45) is 22.9 Å². The summed E-state index contributed by atoms with van der Waals surface area (Å²) in [7, 11) is 3.40. The van der Waals surface area contributed by atoms with Crippen LogP contribution in [0.3, 0.4) is 0 Å². The summed E-state index contributed by atoms with van der Waals surface area (Å²) in [6, 6.07) is 19.2. The van der Waals surface area contributed by atoms with Gasteiger partial charge in [-0.2, -0.15) is 0 Å². The van der Waals surface area contributed by atoms with Crippen molar-refractivity contribution < 1.29 is 43.2 Å². The van der Waals surface area contributed by atoms with E-state index in [9.17, 15) is 19.4 Å². The van der Waals surface area contributed by atoms with Crippen LogP contribution in [0.2, 0.25) is 0 Å². The number of carbonyl (C=O) groups is 1. The van der Waals surface area contributed by atoms with Gasteiger partial charge in [0.1, 0.15) is 42.3 Å². The van der Waals surface area contributed by atoms with Gasteiger partial charge in [0, 0.05) is 43.7 Å². The highest BCUT2D eigenvalue weighted by Gasteiger charge is 2.65. The molecule has 0 spiro atoms. The Bertz CT molecular complexity index is 1900. The summed E-state index contributed by atoms with van der Waals surface area (Å²) < 4.78 is 40.5. The first-order valence-corrected chi connectivity index (χ1v) is 20.2. The maximum atomic E-state index is 14.7. The predicted molar refractivity (Wildman–Crippen MR) is 217 cm³/mol. The number of aliphatic hydroxyl groups excluding tert-OH is 2. The second kappa shape index (κ2) is 19.6. The Kier molecular flexibility index (Phi) is 14.4. The Hall–Kier alpha value is -4.71. The molecule has 0 radical (unpaired) electrons. The molecule has 11 heteroatoms. The Morgan fingerprint density at radius 3 is 2.56 bits per heavy atom. The first kappa shape index (κ1) is 41.9. The first-order valence-electron chi connectivity index (χ1n) is 20.2. The van der Waals surface area contributed by atoms with E-state index in [0.29, 0.717) is 48.7 Å². The number of halogens is 1. The maximum absolute atomic E-state index is 14.7. The third-order valence-electron chi connectivity index (χ3n) is 11.7. The van der Waals surface area contributed by atoms with Crippen molar-refractivity contribution in [2.75, 3.05) is 40.6 Å². The summed E-state index contributed by atoms with van der Waals surface area (Å²) >= 11 is 0. The molecule has 306 valence electrons. The minimum atomic E-state index is -1.36. The highest BCUT2D eigenvalue weighted by atomic mass is 19.1. The molecule has 6 rings (SSSR count). The molecule has 3 aromatic rings. The Morgan fingerprint density at radius 2 is 1.82 bits per heavy atom. The normalized spacial score (nSPS) is 24.1. The first-order chi connectivity index (χ1) is 27.8. The average Bonchev–Trinajstić information content (AvgIpc) is 3.22. The van der Waals surface area contributed by atoms with Crippen molar-refractivity contribution in [3.8, 4) is 17.2 Å². The fourth-order valence-corrected chi connectivity index (χ4v) is 8.99. The number of benzene rings is 3. The molecule has 0 bridgehead atoms. The lowest BCUT2D eigenvalue weighted by molar-refractivity contribution is -0.255. The number of ether oxygens (including phenoxy) is 4. The zero-order valence-corrected chi connectivity index (χ0v) is 33.4. The van der Waals surface area contributed by atoms with Gasteiger partial charge in [-0.3, -0.25) is 4.79 Å². The van der Waals surface area contributed by atoms with Crippen LogP contribution in [0.25, 0.3) is 0 Å². The highest BCUT2D eigenvalue weighted by molar-refractivity contribution is 6.03. The van der Waals surface area contributed by atoms with Crippen molar-refractivity contribution in [1.29, 1.82) is 0 Å². The number of likely N-dealkylation sites (N-methyl/N-ethyl adjacent to an activating group) is 1. The zero-order chi connectivity index (χ0) is 40.4. The minimum absolute atomic E-state index is 0.0507. The molecule has 57 heavy (non-hydrogen) atoms. The van der Waals surface area contributed by atoms with Crippen molar-refractivity contribution in [1.82, 2.24) is 4.90 Å². The maximum Gasteiger partial charge on any atom is 0.239 e. The molecule has 2 aliphatic carbocycles. The van der Waals surface area contributed by atoms with Crippen LogP contribution in [0.15, 0.2) is 96.2 Å². The quantitative estimate of drug-likeness (QED) is 0.0678. The summed E-state index contributed by atoms with van der Waals surface area (Å²) in [5.74, 6) is -0.455. The Balaban J connectivity index is 1.51. The van der Waals surface area contributed by atoms with Crippen LogP contribution in [-0.2, 0) is 27.4 Å². The smallest absolute Gasteiger partial charge is 0.239 e. The minimum Gasteiger partial charge on any atom is -0.497 e. The van der Waals surface area contributed by atoms with Crippen LogP contribution in [0.5, 0.6) is 17.2 Å². The predicted octanol–water partition coefficient (Wildman–Crippen LogP) is 7.77. The largest absolute Gasteiger partial charge is 0.497 e. The van der Waals surface area contributed by atoms with E-state index in [2.05, 4.69) is 12.7 Å². The van der Waals surface area contributed by atoms with Crippen molar-refractivity contribution >= 4 is 11.6 Å². The molecule has 10 nitrogen and oxygen atoms in total. The Morgan fingerprint density at radius 1 is 1.04 bits per heavy atom. The fraction of sp³-hybridized carbons (Fsp3) is 0.478. The number of methoxy groups -OCH3 is 1. The molecular formula is C46H57FN2O8. The topological polar surface area (TPSA) is 119 Å². The van der Waals surface area contributed by atoms with Crippen LogP contribution in [0, 0.1) is 23.6 Å². The zero-order valence-electron chi connectivity index (χ0n) is 33.4. The number of carbonyl (C=O) groups excluding carboxylic acids is 1. The van der Waals surface area contributed by atoms with Crippen LogP contribution in [0.4, 0.5) is 4.39 Å². The van der Waals surface area contributed by atoms with E-state index >= 15 is 0 Å². The lowest BCUT2D eigenvalue weighted by Gasteiger charge is -2.59. The number of oxime groups is 1. The molecule has 0 aromatic heterocycles. The van der Waals surface area contributed by atoms with Gasteiger partial charge in [-0.05, 0) is 92.0 Å². The van der Waals surface area contributed by atoms with Crippen LogP contribution in [-0.4, -0.2) is 79.1 Å². The summed E-state index contributed by atoms with van der Waals surface area (Å²) in [5, 5.41) is 24.4. The number of hydrogen-bond donors (Lipinski definition) is 2. The van der Waals surface area contributed by atoms with E-state index < -0.39 is 17.7 Å². The SMILES string of the molecule is C=CCO[C@@]12Oc3ccc(OCc4ccccc4F)cc3[C@H]3[C@H](CCCCO)[C@@H](CCCCO)C=C(C(=NOCC)C[C@@H]1N(C)C(=O)Cc1cccc(OC)c1)[C@H]32. The van der Waals surface area contributed by atoms with Crippen LogP contribution < -0.4 is 14.2 Å². The molecular weight excluding hydrogens is 728 g/mol. The van der Waals surface area contributed by atoms with Gasteiger partial charge in [0.05, 0.1) is 31.8 Å². The number of rotatable bonds is 20. The van der Waals surface area contributed by atoms with Gasteiger partial charge in [0.15, 0.2) is 0 Å². The summed E-state index contributed by atoms with van der Waals surface area (Å²) in [5.41, 5.74) is 3.88. The lowest BCUT2D eigenvalue weighted by Crippen LogP contribution is -2.69. The number of amides is 1. The fourth-order valence-electron chi connectivity index (χ4n) is 8.99. The number of nitrogens with zero attached hydrogens (tertiary/aromatic N) is 2. The van der Waals surface area contributed by atoms with Crippen LogP contribution >= 0.6 is 0 Å². The van der Waals surface area contributed by atoms with Gasteiger partial charge in [-0.25, -0.2) is 4.39 Å². The van der Waals surface area contributed by atoms with Crippen molar-refractivity contribution in [2.45, 2.75) is 82.6 Å². The molecule has 3 aromatic carbocycles. The molecule has 1 fully saturated rings. The molecule has 1 aliphatic heterocycles. The monoisotopic (exact) mass is 784 g/mol. The molecule has 0 saturated heterocycles. The highest BCUT2D eigenvalue weighted by Crippen LogP contribution is 2.61. The number of allylic oxidation sites excluding steroid dienone is 1. The van der Waals surface area contributed by atoms with E-state index in [1.807, 2.05) is 49.4 Å². The molecule has 6 atom stereocenters. The number of fused-ring (bicyclic) bond motifs is 2. The van der Waals surface area contributed by atoms with Crippen molar-refractivity contribution in [3.63, 3.8) is 0 Å². The van der Waals surface area contributed by atoms with E-state index in [4.69, 9.17) is 28.9 Å². The van der Waals surface area contributed by atoms with E-state index in [0.717, 1.165) is 48.1 Å². The standard InChI is InChI=1S/C46H57FN2O8/c1-5-24-55-46-42(49(3)43(52)26-31-14-13-17-34(25-31)53-4)29-40(48-56-6-2)37-27-32(15-9-11-22-50)36(18-10-12-23-51)44(45(37)46)38-28-35(20-21-41(38)57-46)54-30-33-16-7-8-19-39(33)47/h5,7-8,13-14,16-17,19-21,25,27-28,32,36,42,44-45,50-51H,1,6,9-12,15,18,22-24,26,29-30H2,2-4H3/t32-,36+,42-,44+,45+,46+/m0/s1. The van der Waals surface area contributed by atoms with Gasteiger partial charge in [0.2, 0.25) is 11.7 Å². The van der Waals surface area contributed by atoms with Gasteiger partial charge in [0.25, 0.3) is 0 Å². The van der Waals surface area contributed by atoms with Gasteiger partial charge in [-0.15, -0.1) is 6.58 Å². The third-order valence-corrected chi connectivity index (χ3v) is 11.7. The second-order valence-electron chi connectivity index (χ2n) is 15.1. The average molecular weight is 785 g/mol. The summed E-state index contributed by atoms with van der Waals surface area (Å²) in [6.45, 7) is 6.66. The number of hydrogen-bond acceptors (Lipinski definition) is 9. The number of unbranched alkanes of at least 4 members (excludes halogenated alkanes) is 2. The third kappa shape index (κ3) is 9.21.